The Morgan fingerprint density at radius 1 is 1.22 bits per heavy atom. The largest absolute Gasteiger partial charge is 0.397 e. The molecule has 0 unspecified atom stereocenters. The van der Waals surface area contributed by atoms with E-state index in [1.54, 1.807) is 6.07 Å². The van der Waals surface area contributed by atoms with Crippen molar-refractivity contribution in [2.45, 2.75) is 13.5 Å². The van der Waals surface area contributed by atoms with Crippen LogP contribution in [0.1, 0.15) is 11.1 Å². The summed E-state index contributed by atoms with van der Waals surface area (Å²) in [6.45, 7) is 2.71. The summed E-state index contributed by atoms with van der Waals surface area (Å²) >= 11 is 3.44. The van der Waals surface area contributed by atoms with Gasteiger partial charge in [-0.2, -0.15) is 0 Å². The molecule has 18 heavy (non-hydrogen) atoms. The van der Waals surface area contributed by atoms with E-state index in [-0.39, 0.29) is 5.82 Å². The average molecular weight is 309 g/mol. The van der Waals surface area contributed by atoms with Gasteiger partial charge in [-0.25, -0.2) is 4.39 Å². The Morgan fingerprint density at radius 2 is 2.00 bits per heavy atom. The zero-order chi connectivity index (χ0) is 13.1. The van der Waals surface area contributed by atoms with Gasteiger partial charge in [-0.15, -0.1) is 0 Å². The van der Waals surface area contributed by atoms with Crippen LogP contribution >= 0.6 is 15.9 Å². The first-order valence-electron chi connectivity index (χ1n) is 5.60. The van der Waals surface area contributed by atoms with Crippen molar-refractivity contribution >= 4 is 27.3 Å². The van der Waals surface area contributed by atoms with Gasteiger partial charge in [0.1, 0.15) is 5.82 Å². The van der Waals surface area contributed by atoms with Gasteiger partial charge in [0.2, 0.25) is 0 Å². The molecular formula is C14H14BrFN2. The standard InChI is InChI=1S/C14H14BrFN2/c1-9-2-3-11(15)6-10(9)8-18-14-5-4-12(16)7-13(14)17/h2-7,18H,8,17H2,1H3. The van der Waals surface area contributed by atoms with Crippen LogP contribution in [-0.2, 0) is 6.54 Å². The minimum absolute atomic E-state index is 0.323. The Morgan fingerprint density at radius 3 is 2.72 bits per heavy atom. The molecule has 0 radical (unpaired) electrons. The number of halogens is 2. The van der Waals surface area contributed by atoms with E-state index in [1.807, 2.05) is 6.07 Å². The van der Waals surface area contributed by atoms with Gasteiger partial charge >= 0.3 is 0 Å². The molecule has 3 N–H and O–H groups in total. The molecule has 0 atom stereocenters. The molecular weight excluding hydrogens is 295 g/mol. The topological polar surface area (TPSA) is 38.0 Å². The molecule has 0 saturated carbocycles. The number of nitrogens with two attached hydrogens (primary N) is 1. The summed E-state index contributed by atoms with van der Waals surface area (Å²) in [4.78, 5) is 0. The second-order valence-electron chi connectivity index (χ2n) is 4.16. The summed E-state index contributed by atoms with van der Waals surface area (Å²) in [6, 6.07) is 10.5. The van der Waals surface area contributed by atoms with Crippen molar-refractivity contribution in [1.82, 2.24) is 0 Å². The van der Waals surface area contributed by atoms with Crippen molar-refractivity contribution < 1.29 is 4.39 Å². The highest BCUT2D eigenvalue weighted by molar-refractivity contribution is 9.10. The van der Waals surface area contributed by atoms with Gasteiger partial charge < -0.3 is 11.1 Å². The third-order valence-corrected chi connectivity index (χ3v) is 3.29. The second kappa shape index (κ2) is 5.40. The maximum Gasteiger partial charge on any atom is 0.125 e. The van der Waals surface area contributed by atoms with E-state index in [0.29, 0.717) is 12.2 Å². The van der Waals surface area contributed by atoms with Gasteiger partial charge in [-0.3, -0.25) is 0 Å². The third-order valence-electron chi connectivity index (χ3n) is 2.79. The summed E-state index contributed by atoms with van der Waals surface area (Å²) in [7, 11) is 0. The lowest BCUT2D eigenvalue weighted by molar-refractivity contribution is 0.628. The highest BCUT2D eigenvalue weighted by Gasteiger charge is 2.03. The number of anilines is 2. The van der Waals surface area contributed by atoms with Crippen LogP contribution in [0.3, 0.4) is 0 Å². The molecule has 0 amide bonds. The van der Waals surface area contributed by atoms with E-state index in [9.17, 15) is 4.39 Å². The van der Waals surface area contributed by atoms with E-state index >= 15 is 0 Å². The SMILES string of the molecule is Cc1ccc(Br)cc1CNc1ccc(F)cc1N. The molecule has 0 saturated heterocycles. The van der Waals surface area contributed by atoms with Crippen LogP contribution in [0.25, 0.3) is 0 Å². The minimum Gasteiger partial charge on any atom is -0.397 e. The Hall–Kier alpha value is -1.55. The number of hydrogen-bond donors (Lipinski definition) is 2. The van der Waals surface area contributed by atoms with Crippen molar-refractivity contribution in [2.24, 2.45) is 0 Å². The highest BCUT2D eigenvalue weighted by Crippen LogP contribution is 2.22. The van der Waals surface area contributed by atoms with Crippen molar-refractivity contribution in [3.05, 3.63) is 57.8 Å². The number of rotatable bonds is 3. The fourth-order valence-corrected chi connectivity index (χ4v) is 2.12. The summed E-state index contributed by atoms with van der Waals surface area (Å²) < 4.78 is 14.0. The van der Waals surface area contributed by atoms with Gasteiger partial charge in [0.15, 0.2) is 0 Å². The molecule has 0 aliphatic heterocycles. The third kappa shape index (κ3) is 3.01. The smallest absolute Gasteiger partial charge is 0.125 e. The lowest BCUT2D eigenvalue weighted by Crippen LogP contribution is -2.04. The molecule has 94 valence electrons. The molecule has 2 aromatic rings. The van der Waals surface area contributed by atoms with Crippen LogP contribution in [0.4, 0.5) is 15.8 Å². The summed E-state index contributed by atoms with van der Waals surface area (Å²) in [5, 5.41) is 3.21. The summed E-state index contributed by atoms with van der Waals surface area (Å²) in [5.41, 5.74) is 9.28. The molecule has 0 heterocycles. The number of benzene rings is 2. The van der Waals surface area contributed by atoms with Gasteiger partial charge in [-0.1, -0.05) is 22.0 Å². The Bertz CT molecular complexity index is 570. The quantitative estimate of drug-likeness (QED) is 0.838. The minimum atomic E-state index is -0.323. The normalized spacial score (nSPS) is 10.4. The van der Waals surface area contributed by atoms with Crippen molar-refractivity contribution in [3.8, 4) is 0 Å². The van der Waals surface area contributed by atoms with Gasteiger partial charge in [0.25, 0.3) is 0 Å². The van der Waals surface area contributed by atoms with E-state index in [1.165, 1.54) is 23.3 Å². The molecule has 0 fully saturated rings. The first kappa shape index (κ1) is 12.9. The molecule has 2 aromatic carbocycles. The van der Waals surface area contributed by atoms with Crippen molar-refractivity contribution in [2.75, 3.05) is 11.1 Å². The monoisotopic (exact) mass is 308 g/mol. The van der Waals surface area contributed by atoms with Crippen LogP contribution < -0.4 is 11.1 Å². The van der Waals surface area contributed by atoms with E-state index in [4.69, 9.17) is 5.73 Å². The first-order chi connectivity index (χ1) is 8.56. The lowest BCUT2D eigenvalue weighted by atomic mass is 10.1. The van der Waals surface area contributed by atoms with Gasteiger partial charge in [0.05, 0.1) is 11.4 Å². The molecule has 0 aliphatic carbocycles. The van der Waals surface area contributed by atoms with Gasteiger partial charge in [0, 0.05) is 11.0 Å². The first-order valence-corrected chi connectivity index (χ1v) is 6.39. The van der Waals surface area contributed by atoms with Gasteiger partial charge in [-0.05, 0) is 48.4 Å². The molecule has 2 rings (SSSR count). The highest BCUT2D eigenvalue weighted by atomic mass is 79.9. The predicted octanol–water partition coefficient (Wildman–Crippen LogP) is 4.09. The molecule has 0 bridgehead atoms. The maximum atomic E-state index is 12.9. The zero-order valence-corrected chi connectivity index (χ0v) is 11.6. The van der Waals surface area contributed by atoms with E-state index in [0.717, 1.165) is 10.2 Å². The van der Waals surface area contributed by atoms with Crippen LogP contribution in [0, 0.1) is 12.7 Å². The molecule has 4 heteroatoms. The predicted molar refractivity (Wildman–Crippen MR) is 77.0 cm³/mol. The Balaban J connectivity index is 2.13. The van der Waals surface area contributed by atoms with Crippen LogP contribution in [0.5, 0.6) is 0 Å². The number of nitrogens with one attached hydrogen (secondary N) is 1. The summed E-state index contributed by atoms with van der Waals surface area (Å²) in [5.74, 6) is -0.323. The van der Waals surface area contributed by atoms with Crippen LogP contribution in [0.15, 0.2) is 40.9 Å². The lowest BCUT2D eigenvalue weighted by Gasteiger charge is -2.11. The van der Waals surface area contributed by atoms with Crippen LogP contribution in [-0.4, -0.2) is 0 Å². The molecule has 0 aliphatic rings. The average Bonchev–Trinajstić information content (AvgIpc) is 2.32. The van der Waals surface area contributed by atoms with Crippen LogP contribution in [0.2, 0.25) is 0 Å². The Labute approximate surface area is 114 Å². The van der Waals surface area contributed by atoms with E-state index < -0.39 is 0 Å². The maximum absolute atomic E-state index is 12.9. The van der Waals surface area contributed by atoms with Crippen molar-refractivity contribution in [3.63, 3.8) is 0 Å². The molecule has 2 nitrogen and oxygen atoms in total. The fraction of sp³-hybridized carbons (Fsp3) is 0.143. The van der Waals surface area contributed by atoms with E-state index in [2.05, 4.69) is 40.3 Å². The fourth-order valence-electron chi connectivity index (χ4n) is 1.72. The second-order valence-corrected chi connectivity index (χ2v) is 5.07. The number of nitrogen functional groups attached to an aromatic ring is 1. The number of aryl methyl sites for hydroxylation is 1. The molecule has 0 aromatic heterocycles. The van der Waals surface area contributed by atoms with Crippen molar-refractivity contribution in [1.29, 1.82) is 0 Å². The number of hydrogen-bond acceptors (Lipinski definition) is 2. The summed E-state index contributed by atoms with van der Waals surface area (Å²) in [6.07, 6.45) is 0. The Kier molecular flexibility index (Phi) is 3.87. The zero-order valence-electron chi connectivity index (χ0n) is 10.0. The molecule has 0 spiro atoms.